The molecule has 0 unspecified atom stereocenters. The standard InChI is InChI=1S/C21H26N2O4S2/c1-15-12-22(13-16(2)27-15)29(25,26)19-7-5-17(6-8-19)21(24)23-10-3-4-20(23)18-9-11-28-14-18/h5-9,11,14-16,20H,3-4,10,12-13H2,1-2H3/t15-,16-,20-/m1/s1. The fourth-order valence-corrected chi connectivity index (χ4v) is 6.53. The van der Waals surface area contributed by atoms with E-state index >= 15 is 0 Å². The summed E-state index contributed by atoms with van der Waals surface area (Å²) in [6.45, 7) is 5.15. The second kappa shape index (κ2) is 8.18. The van der Waals surface area contributed by atoms with Crippen LogP contribution in [0.15, 0.2) is 46.0 Å². The van der Waals surface area contributed by atoms with Gasteiger partial charge in [-0.25, -0.2) is 8.42 Å². The van der Waals surface area contributed by atoms with Gasteiger partial charge in [-0.05, 0) is 73.3 Å². The van der Waals surface area contributed by atoms with Crippen molar-refractivity contribution < 1.29 is 17.9 Å². The molecule has 0 N–H and O–H groups in total. The molecule has 0 aliphatic carbocycles. The highest BCUT2D eigenvalue weighted by Crippen LogP contribution is 2.34. The molecular weight excluding hydrogens is 408 g/mol. The van der Waals surface area contributed by atoms with Crippen molar-refractivity contribution in [2.24, 2.45) is 0 Å². The Labute approximate surface area is 176 Å². The van der Waals surface area contributed by atoms with Crippen molar-refractivity contribution in [2.45, 2.75) is 49.8 Å². The van der Waals surface area contributed by atoms with Gasteiger partial charge in [-0.1, -0.05) is 0 Å². The van der Waals surface area contributed by atoms with Gasteiger partial charge in [-0.3, -0.25) is 4.79 Å². The average molecular weight is 435 g/mol. The van der Waals surface area contributed by atoms with E-state index in [1.54, 1.807) is 35.6 Å². The molecule has 8 heteroatoms. The number of rotatable bonds is 4. The van der Waals surface area contributed by atoms with Crippen molar-refractivity contribution in [3.05, 3.63) is 52.2 Å². The van der Waals surface area contributed by atoms with E-state index in [4.69, 9.17) is 4.74 Å². The Morgan fingerprint density at radius 1 is 1.10 bits per heavy atom. The van der Waals surface area contributed by atoms with Crippen LogP contribution in [0.3, 0.4) is 0 Å². The van der Waals surface area contributed by atoms with Crippen LogP contribution < -0.4 is 0 Å². The quantitative estimate of drug-likeness (QED) is 0.738. The third-order valence-corrected chi connectivity index (χ3v) is 8.11. The van der Waals surface area contributed by atoms with Crippen LogP contribution in [0.2, 0.25) is 0 Å². The van der Waals surface area contributed by atoms with Crippen LogP contribution in [0, 0.1) is 0 Å². The molecule has 1 aromatic carbocycles. The van der Waals surface area contributed by atoms with Gasteiger partial charge in [0, 0.05) is 25.2 Å². The number of benzene rings is 1. The summed E-state index contributed by atoms with van der Waals surface area (Å²) in [5.74, 6) is -0.0451. The maximum absolute atomic E-state index is 13.1. The molecule has 3 heterocycles. The topological polar surface area (TPSA) is 66.9 Å². The van der Waals surface area contributed by atoms with Crippen molar-refractivity contribution in [3.8, 4) is 0 Å². The van der Waals surface area contributed by atoms with Crippen molar-refractivity contribution in [1.82, 2.24) is 9.21 Å². The van der Waals surface area contributed by atoms with Crippen LogP contribution in [0.1, 0.15) is 48.7 Å². The number of hydrogen-bond acceptors (Lipinski definition) is 5. The normalized spacial score (nSPS) is 26.0. The van der Waals surface area contributed by atoms with Gasteiger partial charge in [0.15, 0.2) is 0 Å². The number of hydrogen-bond donors (Lipinski definition) is 0. The summed E-state index contributed by atoms with van der Waals surface area (Å²) in [5, 5.41) is 4.12. The smallest absolute Gasteiger partial charge is 0.254 e. The van der Waals surface area contributed by atoms with Gasteiger partial charge >= 0.3 is 0 Å². The summed E-state index contributed by atoms with van der Waals surface area (Å²) in [6, 6.07) is 8.53. The summed E-state index contributed by atoms with van der Waals surface area (Å²) in [7, 11) is -3.61. The summed E-state index contributed by atoms with van der Waals surface area (Å²) in [5.41, 5.74) is 1.70. The molecule has 156 valence electrons. The molecule has 0 radical (unpaired) electrons. The maximum Gasteiger partial charge on any atom is 0.254 e. The van der Waals surface area contributed by atoms with Crippen molar-refractivity contribution in [1.29, 1.82) is 0 Å². The minimum atomic E-state index is -3.61. The Hall–Kier alpha value is -1.74. The SMILES string of the molecule is C[C@@H]1CN(S(=O)(=O)c2ccc(C(=O)N3CCC[C@@H]3c3ccsc3)cc2)C[C@@H](C)O1. The van der Waals surface area contributed by atoms with Crippen molar-refractivity contribution >= 4 is 27.3 Å². The third-order valence-electron chi connectivity index (χ3n) is 5.57. The zero-order chi connectivity index (χ0) is 20.6. The van der Waals surface area contributed by atoms with Crippen LogP contribution in [-0.2, 0) is 14.8 Å². The van der Waals surface area contributed by atoms with E-state index in [9.17, 15) is 13.2 Å². The zero-order valence-electron chi connectivity index (χ0n) is 16.7. The van der Waals surface area contributed by atoms with E-state index in [1.165, 1.54) is 9.87 Å². The molecule has 0 saturated carbocycles. The number of thiophene rings is 1. The molecule has 1 aromatic heterocycles. The molecule has 2 saturated heterocycles. The zero-order valence-corrected chi connectivity index (χ0v) is 18.3. The van der Waals surface area contributed by atoms with E-state index in [0.29, 0.717) is 18.7 Å². The lowest BCUT2D eigenvalue weighted by Gasteiger charge is -2.34. The lowest BCUT2D eigenvalue weighted by atomic mass is 10.1. The van der Waals surface area contributed by atoms with E-state index < -0.39 is 10.0 Å². The average Bonchev–Trinajstić information content (AvgIpc) is 3.38. The van der Waals surface area contributed by atoms with Crippen LogP contribution >= 0.6 is 11.3 Å². The number of carbonyl (C=O) groups excluding carboxylic acids is 1. The van der Waals surface area contributed by atoms with E-state index in [1.807, 2.05) is 24.1 Å². The molecule has 2 fully saturated rings. The molecule has 4 rings (SSSR count). The summed E-state index contributed by atoms with van der Waals surface area (Å²) in [6.07, 6.45) is 1.66. The first kappa shape index (κ1) is 20.5. The predicted octanol–water partition coefficient (Wildman–Crippen LogP) is 3.52. The Morgan fingerprint density at radius 2 is 1.79 bits per heavy atom. The third kappa shape index (κ3) is 4.12. The van der Waals surface area contributed by atoms with Crippen LogP contribution in [0.25, 0.3) is 0 Å². The fraction of sp³-hybridized carbons (Fsp3) is 0.476. The van der Waals surface area contributed by atoms with E-state index in [-0.39, 0.29) is 29.1 Å². The molecule has 3 atom stereocenters. The molecule has 2 aliphatic heterocycles. The molecule has 2 aliphatic rings. The van der Waals surface area contributed by atoms with Gasteiger partial charge in [0.1, 0.15) is 0 Å². The van der Waals surface area contributed by atoms with Crippen molar-refractivity contribution in [2.75, 3.05) is 19.6 Å². The van der Waals surface area contributed by atoms with E-state index in [2.05, 4.69) is 11.4 Å². The first-order valence-electron chi connectivity index (χ1n) is 9.95. The second-order valence-corrected chi connectivity index (χ2v) is 10.5. The largest absolute Gasteiger partial charge is 0.373 e. The number of carbonyl (C=O) groups is 1. The molecule has 2 aromatic rings. The number of nitrogens with zero attached hydrogens (tertiary/aromatic N) is 2. The fourth-order valence-electron chi connectivity index (χ4n) is 4.23. The Kier molecular flexibility index (Phi) is 5.79. The highest BCUT2D eigenvalue weighted by atomic mass is 32.2. The van der Waals surface area contributed by atoms with Crippen molar-refractivity contribution in [3.63, 3.8) is 0 Å². The predicted molar refractivity (Wildman–Crippen MR) is 113 cm³/mol. The number of ether oxygens (including phenoxy) is 1. The minimum absolute atomic E-state index is 0.0451. The molecule has 1 amide bonds. The van der Waals surface area contributed by atoms with E-state index in [0.717, 1.165) is 19.4 Å². The summed E-state index contributed by atoms with van der Waals surface area (Å²) >= 11 is 1.64. The maximum atomic E-state index is 13.1. The number of likely N-dealkylation sites (tertiary alicyclic amines) is 1. The van der Waals surface area contributed by atoms with Gasteiger partial charge in [0.2, 0.25) is 10.0 Å². The number of sulfonamides is 1. The first-order chi connectivity index (χ1) is 13.9. The lowest BCUT2D eigenvalue weighted by Crippen LogP contribution is -2.48. The van der Waals surface area contributed by atoms with Crippen LogP contribution in [0.4, 0.5) is 0 Å². The molecule has 0 bridgehead atoms. The summed E-state index contributed by atoms with van der Waals surface area (Å²) in [4.78, 5) is 15.2. The van der Waals surface area contributed by atoms with Gasteiger partial charge in [-0.15, -0.1) is 0 Å². The Morgan fingerprint density at radius 3 is 2.41 bits per heavy atom. The molecular formula is C21H26N2O4S2. The highest BCUT2D eigenvalue weighted by Gasteiger charge is 2.33. The molecule has 0 spiro atoms. The second-order valence-electron chi connectivity index (χ2n) is 7.82. The summed E-state index contributed by atoms with van der Waals surface area (Å²) < 4.78 is 33.1. The minimum Gasteiger partial charge on any atom is -0.373 e. The van der Waals surface area contributed by atoms with Crippen LogP contribution in [-0.4, -0.2) is 55.4 Å². The Bertz CT molecular complexity index is 947. The molecule has 6 nitrogen and oxygen atoms in total. The monoisotopic (exact) mass is 434 g/mol. The Balaban J connectivity index is 1.52. The van der Waals surface area contributed by atoms with Gasteiger partial charge in [0.05, 0.1) is 23.1 Å². The van der Waals surface area contributed by atoms with Crippen LogP contribution in [0.5, 0.6) is 0 Å². The highest BCUT2D eigenvalue weighted by molar-refractivity contribution is 7.89. The first-order valence-corrected chi connectivity index (χ1v) is 12.3. The van der Waals surface area contributed by atoms with Gasteiger partial charge < -0.3 is 9.64 Å². The number of morpholine rings is 1. The lowest BCUT2D eigenvalue weighted by molar-refractivity contribution is -0.0440. The van der Waals surface area contributed by atoms with Gasteiger partial charge in [0.25, 0.3) is 5.91 Å². The van der Waals surface area contributed by atoms with Gasteiger partial charge in [-0.2, -0.15) is 15.6 Å². The molecule has 29 heavy (non-hydrogen) atoms. The number of amides is 1.